The van der Waals surface area contributed by atoms with Crippen LogP contribution in [0.2, 0.25) is 0 Å². The Labute approximate surface area is 158 Å². The van der Waals surface area contributed by atoms with Gasteiger partial charge in [-0.1, -0.05) is 25.5 Å². The molecule has 25 heavy (non-hydrogen) atoms. The number of rotatable bonds is 1. The maximum absolute atomic E-state index is 5.44. The Morgan fingerprint density at radius 1 is 1.04 bits per heavy atom. The minimum absolute atomic E-state index is 0.469. The molecule has 0 bridgehead atoms. The molecule has 3 fully saturated rings. The molecule has 7 atom stereocenters. The fourth-order valence-electron chi connectivity index (χ4n) is 7.73. The summed E-state index contributed by atoms with van der Waals surface area (Å²) in [5.74, 6) is 3.48. The zero-order chi connectivity index (χ0) is 17.2. The van der Waals surface area contributed by atoms with Gasteiger partial charge in [0.05, 0.1) is 12.5 Å². The van der Waals surface area contributed by atoms with Crippen LogP contribution in [0.1, 0.15) is 76.7 Å². The van der Waals surface area contributed by atoms with Gasteiger partial charge < -0.3 is 4.42 Å². The highest BCUT2D eigenvalue weighted by molar-refractivity contribution is 7.81. The van der Waals surface area contributed by atoms with Gasteiger partial charge in [-0.15, -0.1) is 0 Å². The first-order valence-corrected chi connectivity index (χ1v) is 11.0. The lowest BCUT2D eigenvalue weighted by Crippen LogP contribution is -2.50. The first kappa shape index (κ1) is 16.5. The summed E-state index contributed by atoms with van der Waals surface area (Å²) in [7, 11) is 0. The summed E-state index contributed by atoms with van der Waals surface area (Å²) in [6.45, 7) is 5.21. The van der Waals surface area contributed by atoms with Crippen LogP contribution in [0.25, 0.3) is 0 Å². The smallest absolute Gasteiger partial charge is 0.0937 e. The number of furan rings is 1. The average molecular weight is 357 g/mol. The zero-order valence-corrected chi connectivity index (χ0v) is 16.6. The molecule has 1 heterocycles. The molecule has 1 aromatic rings. The summed E-state index contributed by atoms with van der Waals surface area (Å²) in [4.78, 5) is 0. The van der Waals surface area contributed by atoms with Crippen LogP contribution >= 0.6 is 12.6 Å². The monoisotopic (exact) mass is 356 g/mol. The first-order chi connectivity index (χ1) is 12.0. The van der Waals surface area contributed by atoms with E-state index in [2.05, 4.69) is 26.0 Å². The van der Waals surface area contributed by atoms with Gasteiger partial charge in [-0.2, -0.15) is 12.6 Å². The second-order valence-corrected chi connectivity index (χ2v) is 10.5. The van der Waals surface area contributed by atoms with E-state index in [4.69, 9.17) is 17.0 Å². The van der Waals surface area contributed by atoms with E-state index in [0.29, 0.717) is 16.1 Å². The summed E-state index contributed by atoms with van der Waals surface area (Å²) < 4.78 is 5.44. The van der Waals surface area contributed by atoms with Crippen molar-refractivity contribution in [2.75, 3.05) is 0 Å². The quantitative estimate of drug-likeness (QED) is 0.440. The number of thiol groups is 1. The molecule has 0 saturated heterocycles. The van der Waals surface area contributed by atoms with Gasteiger partial charge in [-0.25, -0.2) is 0 Å². The van der Waals surface area contributed by atoms with Crippen molar-refractivity contribution in [3.8, 4) is 0 Å². The molecule has 0 aromatic carbocycles. The minimum Gasteiger partial charge on any atom is -0.472 e. The number of hydrogen-bond acceptors (Lipinski definition) is 2. The summed E-state index contributed by atoms with van der Waals surface area (Å²) >= 11 is 4.77. The van der Waals surface area contributed by atoms with Gasteiger partial charge in [0.1, 0.15) is 0 Å². The van der Waals surface area contributed by atoms with Crippen LogP contribution in [0.4, 0.5) is 0 Å². The fraction of sp³-hybridized carbons (Fsp3) is 0.739. The second-order valence-electron chi connectivity index (χ2n) is 9.86. The Morgan fingerprint density at radius 3 is 2.72 bits per heavy atom. The third-order valence-electron chi connectivity index (χ3n) is 9.03. The maximum Gasteiger partial charge on any atom is 0.0937 e. The molecule has 5 rings (SSSR count). The van der Waals surface area contributed by atoms with Crippen molar-refractivity contribution in [1.29, 1.82) is 0 Å². The summed E-state index contributed by atoms with van der Waals surface area (Å²) in [5.41, 5.74) is 4.18. The lowest BCUT2D eigenvalue weighted by atomic mass is 9.46. The van der Waals surface area contributed by atoms with Gasteiger partial charge in [-0.3, -0.25) is 0 Å². The van der Waals surface area contributed by atoms with Crippen molar-refractivity contribution < 1.29 is 4.42 Å². The first-order valence-electron chi connectivity index (χ1n) is 10.4. The molecule has 136 valence electrons. The van der Waals surface area contributed by atoms with E-state index in [9.17, 15) is 0 Å². The molecule has 0 unspecified atom stereocenters. The molecule has 0 spiro atoms. The predicted molar refractivity (Wildman–Crippen MR) is 106 cm³/mol. The Kier molecular flexibility index (Phi) is 3.76. The van der Waals surface area contributed by atoms with Crippen LogP contribution in [-0.2, 0) is 0 Å². The maximum atomic E-state index is 5.44. The molecule has 1 nitrogen and oxygen atoms in total. The SMILES string of the molecule is C[C@]12CC[C@H]3[C@@H](CCC4=C[C@@H](S)CC[C@@]43C)[C@@H]1CC[C@@H]2c1ccoc1. The van der Waals surface area contributed by atoms with E-state index in [1.54, 1.807) is 5.57 Å². The molecule has 0 amide bonds. The van der Waals surface area contributed by atoms with E-state index in [0.717, 1.165) is 23.7 Å². The van der Waals surface area contributed by atoms with Crippen molar-refractivity contribution in [2.24, 2.45) is 28.6 Å². The molecule has 4 aliphatic rings. The van der Waals surface area contributed by atoms with Crippen molar-refractivity contribution in [1.82, 2.24) is 0 Å². The van der Waals surface area contributed by atoms with Crippen LogP contribution in [0.15, 0.2) is 34.7 Å². The second kappa shape index (κ2) is 5.68. The molecule has 0 N–H and O–H groups in total. The van der Waals surface area contributed by atoms with Gasteiger partial charge in [0, 0.05) is 5.25 Å². The molecule has 3 saturated carbocycles. The Balaban J connectivity index is 1.47. The highest BCUT2D eigenvalue weighted by Gasteiger charge is 2.59. The Hall–Kier alpha value is -0.630. The number of fused-ring (bicyclic) bond motifs is 5. The van der Waals surface area contributed by atoms with Crippen molar-refractivity contribution in [3.63, 3.8) is 0 Å². The third-order valence-corrected chi connectivity index (χ3v) is 9.44. The summed E-state index contributed by atoms with van der Waals surface area (Å²) in [5, 5.41) is 0.505. The normalized spacial score (nSPS) is 49.1. The van der Waals surface area contributed by atoms with Crippen LogP contribution in [-0.4, -0.2) is 5.25 Å². The molecular formula is C23H32OS. The molecule has 0 aliphatic heterocycles. The van der Waals surface area contributed by atoms with Gasteiger partial charge in [-0.05, 0) is 97.5 Å². The largest absolute Gasteiger partial charge is 0.472 e. The lowest BCUT2D eigenvalue weighted by molar-refractivity contribution is -0.0413. The van der Waals surface area contributed by atoms with E-state index >= 15 is 0 Å². The van der Waals surface area contributed by atoms with Gasteiger partial charge >= 0.3 is 0 Å². The van der Waals surface area contributed by atoms with Crippen molar-refractivity contribution >= 4 is 12.6 Å². The molecule has 4 aliphatic carbocycles. The summed E-state index contributed by atoms with van der Waals surface area (Å²) in [6.07, 6.45) is 17.4. The van der Waals surface area contributed by atoms with E-state index in [1.807, 2.05) is 12.5 Å². The fourth-order valence-corrected chi connectivity index (χ4v) is 8.04. The topological polar surface area (TPSA) is 13.1 Å². The zero-order valence-electron chi connectivity index (χ0n) is 15.7. The predicted octanol–water partition coefficient (Wildman–Crippen LogP) is 6.62. The van der Waals surface area contributed by atoms with Gasteiger partial charge in [0.2, 0.25) is 0 Å². The van der Waals surface area contributed by atoms with E-state index < -0.39 is 0 Å². The van der Waals surface area contributed by atoms with Crippen molar-refractivity contribution in [3.05, 3.63) is 35.8 Å². The number of allylic oxidation sites excluding steroid dienone is 1. The van der Waals surface area contributed by atoms with Crippen molar-refractivity contribution in [2.45, 2.75) is 76.4 Å². The molecular weight excluding hydrogens is 324 g/mol. The standard InChI is InChI=1S/C23H32OS/c1-22-10-7-17(25)13-16(22)3-4-18-20-6-5-19(15-9-12-24-14-15)23(20,2)11-8-21(18)22/h9,12-14,17-21,25H,3-8,10-11H2,1-2H3/t17-,18-,19+,20-,21-,22-,23+/m0/s1. The molecule has 1 aromatic heterocycles. The van der Waals surface area contributed by atoms with Crippen LogP contribution in [0, 0.1) is 28.6 Å². The molecule has 2 heteroatoms. The average Bonchev–Trinajstić information content (AvgIpc) is 3.22. The van der Waals surface area contributed by atoms with Crippen LogP contribution < -0.4 is 0 Å². The van der Waals surface area contributed by atoms with Gasteiger partial charge in [0.15, 0.2) is 0 Å². The number of hydrogen-bond donors (Lipinski definition) is 1. The third kappa shape index (κ3) is 2.28. The Morgan fingerprint density at radius 2 is 1.92 bits per heavy atom. The van der Waals surface area contributed by atoms with E-state index in [-0.39, 0.29) is 0 Å². The Bertz CT molecular complexity index is 676. The minimum atomic E-state index is 0.469. The molecule has 0 radical (unpaired) electrons. The summed E-state index contributed by atoms with van der Waals surface area (Å²) in [6, 6.07) is 2.22. The highest BCUT2D eigenvalue weighted by Crippen LogP contribution is 2.68. The van der Waals surface area contributed by atoms with Crippen LogP contribution in [0.5, 0.6) is 0 Å². The van der Waals surface area contributed by atoms with Crippen LogP contribution in [0.3, 0.4) is 0 Å². The van der Waals surface area contributed by atoms with Gasteiger partial charge in [0.25, 0.3) is 0 Å². The van der Waals surface area contributed by atoms with E-state index in [1.165, 1.54) is 56.9 Å². The lowest BCUT2D eigenvalue weighted by Gasteiger charge is -2.58. The highest BCUT2D eigenvalue weighted by atomic mass is 32.1.